The smallest absolute Gasteiger partial charge is 0.265 e. The number of amides is 1. The number of para-hydroxylation sites is 2. The number of furan rings is 1. The molecule has 126 valence electrons. The van der Waals surface area contributed by atoms with Crippen molar-refractivity contribution in [2.24, 2.45) is 7.05 Å². The molecular formula is C17H15N5O3. The lowest BCUT2D eigenvalue weighted by Crippen LogP contribution is -2.26. The third kappa shape index (κ3) is 2.47. The average molecular weight is 337 g/mol. The van der Waals surface area contributed by atoms with Gasteiger partial charge in [-0.1, -0.05) is 12.1 Å². The van der Waals surface area contributed by atoms with Crippen LogP contribution in [-0.4, -0.2) is 25.4 Å². The first-order valence-electron chi connectivity index (χ1n) is 7.71. The minimum absolute atomic E-state index is 0.162. The van der Waals surface area contributed by atoms with Crippen LogP contribution in [0.5, 0.6) is 0 Å². The van der Waals surface area contributed by atoms with Gasteiger partial charge < -0.3 is 19.3 Å². The summed E-state index contributed by atoms with van der Waals surface area (Å²) in [5.74, 6) is 0.584. The van der Waals surface area contributed by atoms with E-state index in [1.807, 2.05) is 24.3 Å². The van der Waals surface area contributed by atoms with Crippen molar-refractivity contribution < 1.29 is 9.21 Å². The third-order valence-corrected chi connectivity index (χ3v) is 4.03. The summed E-state index contributed by atoms with van der Waals surface area (Å²) >= 11 is 0. The van der Waals surface area contributed by atoms with Gasteiger partial charge in [-0.25, -0.2) is 9.97 Å². The maximum atomic E-state index is 12.6. The number of benzene rings is 1. The Balaban J connectivity index is 1.65. The third-order valence-electron chi connectivity index (χ3n) is 4.03. The van der Waals surface area contributed by atoms with Gasteiger partial charge in [-0.3, -0.25) is 9.59 Å². The zero-order valence-electron chi connectivity index (χ0n) is 13.7. The molecule has 3 aromatic heterocycles. The quantitative estimate of drug-likeness (QED) is 0.591. The van der Waals surface area contributed by atoms with Gasteiger partial charge in [-0.15, -0.1) is 0 Å². The van der Waals surface area contributed by atoms with E-state index in [1.165, 1.54) is 10.9 Å². The lowest BCUT2D eigenvalue weighted by molar-refractivity contribution is 0.0950. The topological polar surface area (TPSA) is 106 Å². The van der Waals surface area contributed by atoms with Crippen molar-refractivity contribution in [2.75, 3.05) is 0 Å². The van der Waals surface area contributed by atoms with Crippen LogP contribution in [0.25, 0.3) is 22.1 Å². The van der Waals surface area contributed by atoms with E-state index in [4.69, 9.17) is 4.42 Å². The molecule has 0 saturated carbocycles. The molecule has 1 amide bonds. The van der Waals surface area contributed by atoms with Gasteiger partial charge in [0.05, 0.1) is 23.1 Å². The molecule has 0 bridgehead atoms. The van der Waals surface area contributed by atoms with E-state index < -0.39 is 5.91 Å². The van der Waals surface area contributed by atoms with Gasteiger partial charge in [-0.05, 0) is 19.1 Å². The monoisotopic (exact) mass is 337 g/mol. The lowest BCUT2D eigenvalue weighted by Gasteiger charge is -2.03. The summed E-state index contributed by atoms with van der Waals surface area (Å²) in [6, 6.07) is 7.61. The standard InChI is InChI=1S/C17H15N5O3/c1-9-13(14-16(25-9)19-8-22(2)17(14)24)15(23)18-7-12-20-10-5-3-4-6-11(10)21-12/h3-6,8H,7H2,1-2H3,(H,18,23)(H,20,21). The number of carbonyl (C=O) groups excluding carboxylic acids is 1. The van der Waals surface area contributed by atoms with Gasteiger partial charge in [0.25, 0.3) is 11.5 Å². The molecule has 2 N–H and O–H groups in total. The Morgan fingerprint density at radius 3 is 2.96 bits per heavy atom. The number of imidazole rings is 1. The minimum Gasteiger partial charge on any atom is -0.442 e. The number of aromatic nitrogens is 4. The van der Waals surface area contributed by atoms with Crippen LogP contribution >= 0.6 is 0 Å². The van der Waals surface area contributed by atoms with Crippen LogP contribution in [0.3, 0.4) is 0 Å². The molecule has 0 aliphatic heterocycles. The summed E-state index contributed by atoms with van der Waals surface area (Å²) in [5.41, 5.74) is 1.77. The first-order chi connectivity index (χ1) is 12.0. The highest BCUT2D eigenvalue weighted by molar-refractivity contribution is 6.06. The number of nitrogens with one attached hydrogen (secondary N) is 2. The Morgan fingerprint density at radius 1 is 1.36 bits per heavy atom. The molecule has 3 heterocycles. The van der Waals surface area contributed by atoms with Crippen molar-refractivity contribution in [2.45, 2.75) is 13.5 Å². The number of rotatable bonds is 3. The lowest BCUT2D eigenvalue weighted by atomic mass is 10.2. The second kappa shape index (κ2) is 5.59. The maximum absolute atomic E-state index is 12.6. The van der Waals surface area contributed by atoms with Crippen molar-refractivity contribution in [3.63, 3.8) is 0 Å². The number of hydrogen-bond donors (Lipinski definition) is 2. The molecule has 4 aromatic rings. The number of hydrogen-bond acceptors (Lipinski definition) is 5. The van der Waals surface area contributed by atoms with Crippen LogP contribution in [0.1, 0.15) is 21.9 Å². The summed E-state index contributed by atoms with van der Waals surface area (Å²) in [4.78, 5) is 36.5. The van der Waals surface area contributed by atoms with Crippen LogP contribution in [0.4, 0.5) is 0 Å². The highest BCUT2D eigenvalue weighted by Gasteiger charge is 2.22. The Morgan fingerprint density at radius 2 is 2.16 bits per heavy atom. The minimum atomic E-state index is -0.401. The Bertz CT molecular complexity index is 1140. The molecule has 0 atom stereocenters. The van der Waals surface area contributed by atoms with Gasteiger partial charge in [0.1, 0.15) is 23.3 Å². The first-order valence-corrected chi connectivity index (χ1v) is 7.71. The number of aryl methyl sites for hydroxylation is 2. The molecule has 0 fully saturated rings. The van der Waals surface area contributed by atoms with Crippen molar-refractivity contribution in [1.82, 2.24) is 24.8 Å². The average Bonchev–Trinajstić information content (AvgIpc) is 3.16. The molecule has 8 nitrogen and oxygen atoms in total. The fraction of sp³-hybridized carbons (Fsp3) is 0.176. The van der Waals surface area contributed by atoms with Crippen LogP contribution in [0, 0.1) is 6.92 Å². The van der Waals surface area contributed by atoms with Crippen molar-refractivity contribution in [3.05, 3.63) is 58.1 Å². The zero-order chi connectivity index (χ0) is 17.6. The highest BCUT2D eigenvalue weighted by atomic mass is 16.3. The van der Waals surface area contributed by atoms with Crippen LogP contribution in [0.15, 0.2) is 39.8 Å². The molecule has 8 heteroatoms. The van der Waals surface area contributed by atoms with Crippen LogP contribution < -0.4 is 10.9 Å². The Hall–Kier alpha value is -3.42. The maximum Gasteiger partial charge on any atom is 0.265 e. The summed E-state index contributed by atoms with van der Waals surface area (Å²) in [7, 11) is 1.58. The van der Waals surface area contributed by atoms with Gasteiger partial charge in [-0.2, -0.15) is 0 Å². The highest BCUT2D eigenvalue weighted by Crippen LogP contribution is 2.20. The molecule has 25 heavy (non-hydrogen) atoms. The van der Waals surface area contributed by atoms with E-state index in [2.05, 4.69) is 20.3 Å². The predicted octanol–water partition coefficient (Wildman–Crippen LogP) is 1.64. The second-order valence-corrected chi connectivity index (χ2v) is 5.76. The molecule has 1 aromatic carbocycles. The summed E-state index contributed by atoms with van der Waals surface area (Å²) in [6.07, 6.45) is 1.36. The molecule has 0 aliphatic carbocycles. The van der Waals surface area contributed by atoms with E-state index in [0.29, 0.717) is 11.6 Å². The first kappa shape index (κ1) is 15.1. The number of nitrogens with zero attached hydrogens (tertiary/aromatic N) is 3. The molecule has 0 aliphatic rings. The Kier molecular flexibility index (Phi) is 3.38. The van der Waals surface area contributed by atoms with E-state index in [1.54, 1.807) is 14.0 Å². The van der Waals surface area contributed by atoms with Crippen molar-refractivity contribution in [1.29, 1.82) is 0 Å². The number of aromatic amines is 1. The second-order valence-electron chi connectivity index (χ2n) is 5.76. The van der Waals surface area contributed by atoms with Crippen molar-refractivity contribution in [3.8, 4) is 0 Å². The normalized spacial score (nSPS) is 11.3. The predicted molar refractivity (Wildman–Crippen MR) is 91.3 cm³/mol. The Labute approximate surface area is 141 Å². The number of H-pyrrole nitrogens is 1. The number of fused-ring (bicyclic) bond motifs is 2. The molecule has 0 spiro atoms. The molecule has 0 saturated heterocycles. The van der Waals surface area contributed by atoms with Crippen molar-refractivity contribution >= 4 is 28.0 Å². The fourth-order valence-electron chi connectivity index (χ4n) is 2.80. The largest absolute Gasteiger partial charge is 0.442 e. The summed E-state index contributed by atoms with van der Waals surface area (Å²) in [6.45, 7) is 1.84. The van der Waals surface area contributed by atoms with E-state index in [0.717, 1.165) is 11.0 Å². The van der Waals surface area contributed by atoms with E-state index in [-0.39, 0.29) is 28.8 Å². The van der Waals surface area contributed by atoms with Crippen LogP contribution in [-0.2, 0) is 13.6 Å². The van der Waals surface area contributed by atoms with Gasteiger partial charge in [0.2, 0.25) is 5.71 Å². The summed E-state index contributed by atoms with van der Waals surface area (Å²) < 4.78 is 6.76. The van der Waals surface area contributed by atoms with Gasteiger partial charge in [0.15, 0.2) is 0 Å². The van der Waals surface area contributed by atoms with Gasteiger partial charge in [0, 0.05) is 7.05 Å². The summed E-state index contributed by atoms with van der Waals surface area (Å²) in [5, 5.41) is 2.96. The zero-order valence-corrected chi connectivity index (χ0v) is 13.7. The van der Waals surface area contributed by atoms with E-state index >= 15 is 0 Å². The molecular weight excluding hydrogens is 322 g/mol. The van der Waals surface area contributed by atoms with E-state index in [9.17, 15) is 9.59 Å². The van der Waals surface area contributed by atoms with Crippen LogP contribution in [0.2, 0.25) is 0 Å². The van der Waals surface area contributed by atoms with Gasteiger partial charge >= 0.3 is 0 Å². The molecule has 0 unspecified atom stereocenters. The molecule has 0 radical (unpaired) electrons. The fourth-order valence-corrected chi connectivity index (χ4v) is 2.80. The molecule has 4 rings (SSSR count). The SMILES string of the molecule is Cc1oc2ncn(C)c(=O)c2c1C(=O)NCc1nc2ccccc2[nH]1. The number of carbonyl (C=O) groups is 1.